The zero-order chi connectivity index (χ0) is 8.48. The molecule has 0 aliphatic carbocycles. The molecule has 11 heavy (non-hydrogen) atoms. The zero-order valence-corrected chi connectivity index (χ0v) is 8.72. The van der Waals surface area contributed by atoms with Gasteiger partial charge in [0.2, 0.25) is 0 Å². The normalized spacial score (nSPS) is 12.0. The molecule has 0 atom stereocenters. The van der Waals surface area contributed by atoms with Crippen molar-refractivity contribution in [2.24, 2.45) is 0 Å². The highest BCUT2D eigenvalue weighted by molar-refractivity contribution is 7.16. The minimum absolute atomic E-state index is 0.289. The summed E-state index contributed by atoms with van der Waals surface area (Å²) in [6.07, 6.45) is 1.16. The Hall–Kier alpha value is -0.0100. The monoisotopic (exact) mass is 188 g/mol. The number of halogens is 1. The lowest BCUT2D eigenvalue weighted by Gasteiger charge is -2.20. The van der Waals surface area contributed by atoms with Crippen LogP contribution in [0.1, 0.15) is 32.1 Å². The lowest BCUT2D eigenvalue weighted by Crippen LogP contribution is -2.12. The topological polar surface area (TPSA) is 0 Å². The van der Waals surface area contributed by atoms with Gasteiger partial charge < -0.3 is 0 Å². The van der Waals surface area contributed by atoms with E-state index in [1.807, 2.05) is 6.07 Å². The molecule has 1 aromatic heterocycles. The van der Waals surface area contributed by atoms with Crippen molar-refractivity contribution in [1.82, 2.24) is 0 Å². The van der Waals surface area contributed by atoms with Crippen LogP contribution < -0.4 is 0 Å². The maximum Gasteiger partial charge on any atom is 0.0931 e. The molecule has 0 N–H and O–H groups in total. The third-order valence-corrected chi connectivity index (χ3v) is 3.72. The molecule has 2 heteroatoms. The van der Waals surface area contributed by atoms with Crippen molar-refractivity contribution in [2.45, 2.75) is 32.6 Å². The summed E-state index contributed by atoms with van der Waals surface area (Å²) in [4.78, 5) is 1.38. The molecule has 0 unspecified atom stereocenters. The second kappa shape index (κ2) is 3.16. The second-order valence-electron chi connectivity index (χ2n) is 3.34. The minimum atomic E-state index is 0.289. The van der Waals surface area contributed by atoms with Crippen molar-refractivity contribution >= 4 is 22.9 Å². The molecule has 0 saturated carbocycles. The van der Waals surface area contributed by atoms with Gasteiger partial charge in [-0.05, 0) is 24.0 Å². The Labute approximate surface area is 77.2 Å². The first-order valence-electron chi connectivity index (χ1n) is 3.82. The van der Waals surface area contributed by atoms with Gasteiger partial charge in [-0.1, -0.05) is 32.4 Å². The highest BCUT2D eigenvalue weighted by atomic mass is 35.5. The number of hydrogen-bond donors (Lipinski definition) is 0. The van der Waals surface area contributed by atoms with Crippen LogP contribution in [0.2, 0.25) is 4.34 Å². The van der Waals surface area contributed by atoms with Gasteiger partial charge in [-0.15, -0.1) is 11.3 Å². The van der Waals surface area contributed by atoms with Gasteiger partial charge in [-0.2, -0.15) is 0 Å². The molecule has 0 radical (unpaired) electrons. The predicted octanol–water partition coefficient (Wildman–Crippen LogP) is 4.09. The molecule has 0 aliphatic heterocycles. The van der Waals surface area contributed by atoms with E-state index < -0.39 is 0 Å². The van der Waals surface area contributed by atoms with Crippen molar-refractivity contribution in [3.63, 3.8) is 0 Å². The van der Waals surface area contributed by atoms with E-state index in [1.54, 1.807) is 11.3 Å². The Bertz CT molecular complexity index is 237. The average molecular weight is 189 g/mol. The fourth-order valence-corrected chi connectivity index (χ4v) is 2.07. The van der Waals surface area contributed by atoms with Crippen molar-refractivity contribution in [1.29, 1.82) is 0 Å². The van der Waals surface area contributed by atoms with Gasteiger partial charge in [0, 0.05) is 4.88 Å². The third-order valence-electron chi connectivity index (χ3n) is 2.12. The van der Waals surface area contributed by atoms with Crippen LogP contribution >= 0.6 is 22.9 Å². The van der Waals surface area contributed by atoms with E-state index in [0.717, 1.165) is 10.8 Å². The van der Waals surface area contributed by atoms with E-state index >= 15 is 0 Å². The van der Waals surface area contributed by atoms with Crippen LogP contribution in [0, 0.1) is 0 Å². The summed E-state index contributed by atoms with van der Waals surface area (Å²) < 4.78 is 0.890. The number of thiophene rings is 1. The van der Waals surface area contributed by atoms with E-state index in [4.69, 9.17) is 11.6 Å². The molecule has 62 valence electrons. The van der Waals surface area contributed by atoms with Gasteiger partial charge in [0.15, 0.2) is 0 Å². The molecular formula is C9H13ClS. The Balaban J connectivity index is 2.92. The van der Waals surface area contributed by atoms with Gasteiger partial charge in [-0.25, -0.2) is 0 Å². The summed E-state index contributed by atoms with van der Waals surface area (Å²) in [5.74, 6) is 0. The Morgan fingerprint density at radius 3 is 2.45 bits per heavy atom. The Morgan fingerprint density at radius 2 is 2.09 bits per heavy atom. The highest BCUT2D eigenvalue weighted by Crippen LogP contribution is 2.34. The van der Waals surface area contributed by atoms with Crippen molar-refractivity contribution < 1.29 is 0 Å². The molecular weight excluding hydrogens is 176 g/mol. The lowest BCUT2D eigenvalue weighted by molar-refractivity contribution is 0.517. The summed E-state index contributed by atoms with van der Waals surface area (Å²) in [5, 5.41) is 0. The molecule has 0 saturated heterocycles. The smallest absolute Gasteiger partial charge is 0.0931 e. The summed E-state index contributed by atoms with van der Waals surface area (Å²) >= 11 is 7.53. The fraction of sp³-hybridized carbons (Fsp3) is 0.556. The van der Waals surface area contributed by atoms with Crippen LogP contribution in [0.15, 0.2) is 12.1 Å². The second-order valence-corrected chi connectivity index (χ2v) is 5.06. The molecule has 0 aromatic carbocycles. The van der Waals surface area contributed by atoms with Crippen LogP contribution in [-0.4, -0.2) is 0 Å². The van der Waals surface area contributed by atoms with E-state index in [0.29, 0.717) is 0 Å². The molecule has 0 amide bonds. The van der Waals surface area contributed by atoms with Gasteiger partial charge >= 0.3 is 0 Å². The molecule has 0 aliphatic rings. The highest BCUT2D eigenvalue weighted by Gasteiger charge is 2.19. The van der Waals surface area contributed by atoms with Crippen molar-refractivity contribution in [3.8, 4) is 0 Å². The van der Waals surface area contributed by atoms with Crippen LogP contribution in [0.4, 0.5) is 0 Å². The zero-order valence-electron chi connectivity index (χ0n) is 7.15. The molecule has 0 bridgehead atoms. The van der Waals surface area contributed by atoms with Crippen LogP contribution in [-0.2, 0) is 5.41 Å². The van der Waals surface area contributed by atoms with Crippen LogP contribution in [0.5, 0.6) is 0 Å². The van der Waals surface area contributed by atoms with Crippen LogP contribution in [0.3, 0.4) is 0 Å². The SMILES string of the molecule is CCC(C)(C)c1ccc(Cl)s1. The van der Waals surface area contributed by atoms with Gasteiger partial charge in [-0.3, -0.25) is 0 Å². The lowest BCUT2D eigenvalue weighted by atomic mass is 9.89. The summed E-state index contributed by atoms with van der Waals surface area (Å²) in [6.45, 7) is 6.69. The Morgan fingerprint density at radius 1 is 1.45 bits per heavy atom. The summed E-state index contributed by atoms with van der Waals surface area (Å²) in [6, 6.07) is 4.09. The summed E-state index contributed by atoms with van der Waals surface area (Å²) in [7, 11) is 0. The Kier molecular flexibility index (Phi) is 2.61. The summed E-state index contributed by atoms with van der Waals surface area (Å²) in [5.41, 5.74) is 0.289. The van der Waals surface area contributed by atoms with E-state index in [2.05, 4.69) is 26.8 Å². The van der Waals surface area contributed by atoms with E-state index in [1.165, 1.54) is 4.88 Å². The van der Waals surface area contributed by atoms with E-state index in [9.17, 15) is 0 Å². The maximum absolute atomic E-state index is 5.84. The maximum atomic E-state index is 5.84. The van der Waals surface area contributed by atoms with Crippen LogP contribution in [0.25, 0.3) is 0 Å². The molecule has 1 aromatic rings. The number of hydrogen-bond acceptors (Lipinski definition) is 1. The molecule has 0 spiro atoms. The van der Waals surface area contributed by atoms with Gasteiger partial charge in [0.05, 0.1) is 4.34 Å². The quantitative estimate of drug-likeness (QED) is 0.656. The molecule has 0 fully saturated rings. The van der Waals surface area contributed by atoms with E-state index in [-0.39, 0.29) is 5.41 Å². The first kappa shape index (κ1) is 9.08. The largest absolute Gasteiger partial charge is 0.128 e. The van der Waals surface area contributed by atoms with Gasteiger partial charge in [0.25, 0.3) is 0 Å². The minimum Gasteiger partial charge on any atom is -0.128 e. The van der Waals surface area contributed by atoms with Gasteiger partial charge in [0.1, 0.15) is 0 Å². The average Bonchev–Trinajstić information content (AvgIpc) is 2.36. The molecule has 1 rings (SSSR count). The first-order valence-corrected chi connectivity index (χ1v) is 5.01. The third kappa shape index (κ3) is 1.97. The fourth-order valence-electron chi connectivity index (χ4n) is 0.852. The molecule has 1 heterocycles. The standard InChI is InChI=1S/C9H13ClS/c1-4-9(2,3)7-5-6-8(10)11-7/h5-6H,4H2,1-3H3. The first-order chi connectivity index (χ1) is 5.06. The number of rotatable bonds is 2. The molecule has 0 nitrogen and oxygen atoms in total. The van der Waals surface area contributed by atoms with Crippen molar-refractivity contribution in [2.75, 3.05) is 0 Å². The van der Waals surface area contributed by atoms with Crippen molar-refractivity contribution in [3.05, 3.63) is 21.3 Å². The predicted molar refractivity (Wildman–Crippen MR) is 52.6 cm³/mol.